The largest absolute Gasteiger partial charge is 0.439 e. The summed E-state index contributed by atoms with van der Waals surface area (Å²) in [5, 5.41) is 6.46. The van der Waals surface area contributed by atoms with Crippen molar-refractivity contribution in [2.75, 3.05) is 13.2 Å². The number of hydrogen-bond acceptors (Lipinski definition) is 6. The van der Waals surface area contributed by atoms with Gasteiger partial charge in [0.05, 0.1) is 12.2 Å². The van der Waals surface area contributed by atoms with Crippen LogP contribution in [0.5, 0.6) is 0 Å². The maximum absolute atomic E-state index is 12.2. The van der Waals surface area contributed by atoms with Crippen molar-refractivity contribution in [2.24, 2.45) is 5.92 Å². The highest BCUT2D eigenvalue weighted by Gasteiger charge is 2.31. The molecule has 8 heteroatoms. The lowest BCUT2D eigenvalue weighted by Gasteiger charge is -2.15. The minimum Gasteiger partial charge on any atom is -0.375 e. The Balaban J connectivity index is 1.56. The number of ether oxygens (including phenoxy) is 1. The van der Waals surface area contributed by atoms with Gasteiger partial charge in [0.1, 0.15) is 5.69 Å². The molecule has 0 saturated carbocycles. The molecule has 3 rings (SSSR count). The summed E-state index contributed by atoms with van der Waals surface area (Å²) in [6.07, 6.45) is 3.37. The van der Waals surface area contributed by atoms with Gasteiger partial charge in [0.25, 0.3) is 5.91 Å². The number of aromatic nitrogens is 3. The van der Waals surface area contributed by atoms with Crippen molar-refractivity contribution in [2.45, 2.75) is 32.3 Å². The molecule has 0 aromatic carbocycles. The number of amides is 1. The predicted octanol–water partition coefficient (Wildman–Crippen LogP) is 1.36. The third-order valence-electron chi connectivity index (χ3n) is 4.03. The zero-order valence-corrected chi connectivity index (χ0v) is 13.7. The Labute approximate surface area is 138 Å². The zero-order valence-electron chi connectivity index (χ0n) is 13.7. The van der Waals surface area contributed by atoms with E-state index >= 15 is 0 Å². The first kappa shape index (κ1) is 16.4. The molecule has 0 aliphatic carbocycles. The predicted molar refractivity (Wildman–Crippen MR) is 85.4 cm³/mol. The first-order valence-corrected chi connectivity index (χ1v) is 7.87. The van der Waals surface area contributed by atoms with Crippen LogP contribution in [0.3, 0.4) is 0 Å². The maximum Gasteiger partial charge on any atom is 0.439 e. The third kappa shape index (κ3) is 3.88. The maximum atomic E-state index is 12.2. The van der Waals surface area contributed by atoms with E-state index in [-0.39, 0.29) is 17.3 Å². The Kier molecular flexibility index (Phi) is 4.48. The Bertz CT molecular complexity index is 780. The number of H-pyrrole nitrogens is 1. The SMILES string of the molecule is CC1(C)CC(CCNC(=O)c2ccnc(-c3noc(=O)[nH]3)c2)CO1. The van der Waals surface area contributed by atoms with Gasteiger partial charge in [0.2, 0.25) is 5.82 Å². The van der Waals surface area contributed by atoms with Gasteiger partial charge < -0.3 is 10.1 Å². The van der Waals surface area contributed by atoms with Gasteiger partial charge in [-0.3, -0.25) is 19.3 Å². The van der Waals surface area contributed by atoms with Crippen LogP contribution in [0.4, 0.5) is 0 Å². The molecule has 1 aliphatic heterocycles. The number of rotatable bonds is 5. The second-order valence-electron chi connectivity index (χ2n) is 6.56. The lowest BCUT2D eigenvalue weighted by atomic mass is 9.95. The van der Waals surface area contributed by atoms with Crippen molar-refractivity contribution in [3.8, 4) is 11.5 Å². The number of pyridine rings is 1. The van der Waals surface area contributed by atoms with Crippen molar-refractivity contribution in [1.29, 1.82) is 0 Å². The number of nitrogens with zero attached hydrogens (tertiary/aromatic N) is 2. The van der Waals surface area contributed by atoms with Gasteiger partial charge >= 0.3 is 5.76 Å². The third-order valence-corrected chi connectivity index (χ3v) is 4.03. The zero-order chi connectivity index (χ0) is 17.2. The quantitative estimate of drug-likeness (QED) is 0.855. The summed E-state index contributed by atoms with van der Waals surface area (Å²) >= 11 is 0. The normalized spacial score (nSPS) is 19.3. The molecule has 1 unspecified atom stereocenters. The van der Waals surface area contributed by atoms with Crippen molar-refractivity contribution in [1.82, 2.24) is 20.4 Å². The summed E-state index contributed by atoms with van der Waals surface area (Å²) in [4.78, 5) is 29.7. The minimum absolute atomic E-state index is 0.0663. The van der Waals surface area contributed by atoms with Gasteiger partial charge in [-0.15, -0.1) is 0 Å². The standard InChI is InChI=1S/C16H20N4O4/c1-16(2)8-10(9-23-16)3-5-18-14(21)11-4-6-17-12(7-11)13-19-15(22)24-20-13/h4,6-7,10H,3,5,8-9H2,1-2H3,(H,18,21)(H,19,20,22). The Hall–Kier alpha value is -2.48. The molecule has 1 saturated heterocycles. The van der Waals surface area contributed by atoms with E-state index in [1.54, 1.807) is 12.1 Å². The average molecular weight is 332 g/mol. The van der Waals surface area contributed by atoms with Gasteiger partial charge in [-0.1, -0.05) is 5.16 Å². The summed E-state index contributed by atoms with van der Waals surface area (Å²) in [6.45, 7) is 5.49. The molecule has 1 amide bonds. The molecular weight excluding hydrogens is 312 g/mol. The van der Waals surface area contributed by atoms with E-state index in [0.717, 1.165) is 19.4 Å². The lowest BCUT2D eigenvalue weighted by Crippen LogP contribution is -2.26. The summed E-state index contributed by atoms with van der Waals surface area (Å²) in [5.41, 5.74) is 0.759. The molecule has 2 N–H and O–H groups in total. The van der Waals surface area contributed by atoms with Gasteiger partial charge in [-0.2, -0.15) is 0 Å². The van der Waals surface area contributed by atoms with E-state index in [1.807, 2.05) is 0 Å². The Morgan fingerprint density at radius 1 is 1.50 bits per heavy atom. The molecule has 1 atom stereocenters. The van der Waals surface area contributed by atoms with Crippen LogP contribution in [0, 0.1) is 5.92 Å². The van der Waals surface area contributed by atoms with Crippen molar-refractivity contribution in [3.05, 3.63) is 34.4 Å². The number of carbonyl (C=O) groups excluding carboxylic acids is 1. The van der Waals surface area contributed by atoms with Crippen LogP contribution in [0.15, 0.2) is 27.6 Å². The fourth-order valence-corrected chi connectivity index (χ4v) is 2.88. The van der Waals surface area contributed by atoms with Crippen molar-refractivity contribution >= 4 is 5.91 Å². The molecule has 3 heterocycles. The minimum atomic E-state index is -0.664. The highest BCUT2D eigenvalue weighted by Crippen LogP contribution is 2.30. The van der Waals surface area contributed by atoms with Crippen LogP contribution in [-0.2, 0) is 4.74 Å². The molecule has 1 fully saturated rings. The van der Waals surface area contributed by atoms with E-state index < -0.39 is 5.76 Å². The monoisotopic (exact) mass is 332 g/mol. The summed E-state index contributed by atoms with van der Waals surface area (Å²) in [6, 6.07) is 3.17. The Morgan fingerprint density at radius 2 is 2.33 bits per heavy atom. The van der Waals surface area contributed by atoms with Crippen molar-refractivity contribution in [3.63, 3.8) is 0 Å². The first-order valence-electron chi connectivity index (χ1n) is 7.87. The molecule has 1 aliphatic rings. The van der Waals surface area contributed by atoms with E-state index in [9.17, 15) is 9.59 Å². The van der Waals surface area contributed by atoms with Crippen LogP contribution < -0.4 is 11.1 Å². The molecule has 0 radical (unpaired) electrons. The average Bonchev–Trinajstić information content (AvgIpc) is 3.13. The number of hydrogen-bond donors (Lipinski definition) is 2. The highest BCUT2D eigenvalue weighted by atomic mass is 16.5. The Morgan fingerprint density at radius 3 is 3.00 bits per heavy atom. The van der Waals surface area contributed by atoms with Crippen LogP contribution >= 0.6 is 0 Å². The van der Waals surface area contributed by atoms with Crippen LogP contribution in [-0.4, -0.2) is 39.8 Å². The fourth-order valence-electron chi connectivity index (χ4n) is 2.88. The molecule has 8 nitrogen and oxygen atoms in total. The van der Waals surface area contributed by atoms with Crippen LogP contribution in [0.2, 0.25) is 0 Å². The summed E-state index contributed by atoms with van der Waals surface area (Å²) < 4.78 is 10.1. The molecule has 0 bridgehead atoms. The van der Waals surface area contributed by atoms with Gasteiger partial charge in [-0.05, 0) is 44.7 Å². The van der Waals surface area contributed by atoms with E-state index in [2.05, 4.69) is 38.8 Å². The van der Waals surface area contributed by atoms with E-state index in [4.69, 9.17) is 4.74 Å². The van der Waals surface area contributed by atoms with Gasteiger partial charge in [0, 0.05) is 18.3 Å². The second-order valence-corrected chi connectivity index (χ2v) is 6.56. The molecule has 128 valence electrons. The molecular formula is C16H20N4O4. The topological polar surface area (TPSA) is 110 Å². The number of aromatic amines is 1. The fraction of sp³-hybridized carbons (Fsp3) is 0.500. The lowest BCUT2D eigenvalue weighted by molar-refractivity contribution is 0.0348. The smallest absolute Gasteiger partial charge is 0.375 e. The highest BCUT2D eigenvalue weighted by molar-refractivity contribution is 5.94. The molecule has 24 heavy (non-hydrogen) atoms. The van der Waals surface area contributed by atoms with Gasteiger partial charge in [-0.25, -0.2) is 4.79 Å². The first-order chi connectivity index (χ1) is 11.4. The number of nitrogens with one attached hydrogen (secondary N) is 2. The van der Waals surface area contributed by atoms with E-state index in [1.165, 1.54) is 6.20 Å². The van der Waals surface area contributed by atoms with Gasteiger partial charge in [0.15, 0.2) is 0 Å². The van der Waals surface area contributed by atoms with Crippen LogP contribution in [0.1, 0.15) is 37.0 Å². The van der Waals surface area contributed by atoms with Crippen molar-refractivity contribution < 1.29 is 14.1 Å². The summed E-state index contributed by atoms with van der Waals surface area (Å²) in [5.74, 6) is -0.195. The second kappa shape index (κ2) is 6.56. The summed E-state index contributed by atoms with van der Waals surface area (Å²) in [7, 11) is 0. The van der Waals surface area contributed by atoms with Crippen LogP contribution in [0.25, 0.3) is 11.5 Å². The molecule has 0 spiro atoms. The molecule has 2 aromatic rings. The molecule has 2 aromatic heterocycles. The number of carbonyl (C=O) groups is 1. The van der Waals surface area contributed by atoms with E-state index in [0.29, 0.717) is 23.7 Å².